The lowest BCUT2D eigenvalue weighted by molar-refractivity contribution is 0.102. The van der Waals surface area contributed by atoms with E-state index in [1.807, 2.05) is 36.4 Å². The molecule has 3 rings (SSSR count). The highest BCUT2D eigenvalue weighted by atomic mass is 79.9. The van der Waals surface area contributed by atoms with Crippen molar-refractivity contribution in [3.05, 3.63) is 45.7 Å². The molecule has 2 aromatic heterocycles. The molecule has 5 heteroatoms. The van der Waals surface area contributed by atoms with Crippen molar-refractivity contribution < 1.29 is 4.79 Å². The fourth-order valence-electron chi connectivity index (χ4n) is 2.11. The number of hydrogen-bond donors (Lipinski definition) is 2. The quantitative estimate of drug-likeness (QED) is 0.666. The SMILES string of the molecule is CC(=O)c1c(Nc2ccc(Br)s2)[nH]c2ccccc12. The summed E-state index contributed by atoms with van der Waals surface area (Å²) >= 11 is 5.02. The average Bonchev–Trinajstić information content (AvgIpc) is 2.92. The number of H-pyrrole nitrogens is 1. The molecule has 0 aliphatic rings. The third-order valence-electron chi connectivity index (χ3n) is 2.88. The third-order valence-corrected chi connectivity index (χ3v) is 4.42. The summed E-state index contributed by atoms with van der Waals surface area (Å²) in [6.07, 6.45) is 0. The lowest BCUT2D eigenvalue weighted by Gasteiger charge is -2.02. The Morgan fingerprint density at radius 1 is 1.26 bits per heavy atom. The summed E-state index contributed by atoms with van der Waals surface area (Å²) in [5, 5.41) is 5.22. The van der Waals surface area contributed by atoms with Crippen LogP contribution in [0.4, 0.5) is 10.8 Å². The van der Waals surface area contributed by atoms with E-state index in [9.17, 15) is 4.79 Å². The van der Waals surface area contributed by atoms with Crippen LogP contribution in [-0.2, 0) is 0 Å². The maximum absolute atomic E-state index is 11.9. The highest BCUT2D eigenvalue weighted by molar-refractivity contribution is 9.11. The highest BCUT2D eigenvalue weighted by Gasteiger charge is 2.15. The summed E-state index contributed by atoms with van der Waals surface area (Å²) < 4.78 is 1.05. The number of nitrogens with one attached hydrogen (secondary N) is 2. The van der Waals surface area contributed by atoms with E-state index in [1.165, 1.54) is 0 Å². The number of rotatable bonds is 3. The summed E-state index contributed by atoms with van der Waals surface area (Å²) in [4.78, 5) is 15.1. The number of Topliss-reactive ketones (excluding diaryl/α,β-unsaturated/α-hetero) is 1. The number of para-hydroxylation sites is 1. The minimum absolute atomic E-state index is 0.0515. The molecule has 0 spiro atoms. The first kappa shape index (κ1) is 12.4. The van der Waals surface area contributed by atoms with Crippen LogP contribution in [0.25, 0.3) is 10.9 Å². The Balaban J connectivity index is 2.12. The van der Waals surface area contributed by atoms with Gasteiger partial charge in [-0.05, 0) is 41.1 Å². The number of aromatic amines is 1. The number of aromatic nitrogens is 1. The Kier molecular flexibility index (Phi) is 3.16. The molecular weight excluding hydrogens is 324 g/mol. The van der Waals surface area contributed by atoms with E-state index >= 15 is 0 Å². The second-order valence-corrected chi connectivity index (χ2v) is 6.67. The Morgan fingerprint density at radius 3 is 2.74 bits per heavy atom. The molecule has 2 heterocycles. The highest BCUT2D eigenvalue weighted by Crippen LogP contribution is 2.33. The van der Waals surface area contributed by atoms with Crippen LogP contribution in [0.1, 0.15) is 17.3 Å². The number of carbonyl (C=O) groups is 1. The van der Waals surface area contributed by atoms with Crippen LogP contribution in [0.2, 0.25) is 0 Å². The van der Waals surface area contributed by atoms with Crippen LogP contribution in [0.5, 0.6) is 0 Å². The van der Waals surface area contributed by atoms with Gasteiger partial charge in [-0.2, -0.15) is 0 Å². The first-order valence-corrected chi connectivity index (χ1v) is 7.40. The molecule has 19 heavy (non-hydrogen) atoms. The number of thiophene rings is 1. The van der Waals surface area contributed by atoms with Crippen LogP contribution in [-0.4, -0.2) is 10.8 Å². The maximum atomic E-state index is 11.9. The van der Waals surface area contributed by atoms with Gasteiger partial charge in [0.1, 0.15) is 5.82 Å². The van der Waals surface area contributed by atoms with Gasteiger partial charge >= 0.3 is 0 Å². The van der Waals surface area contributed by atoms with Crippen molar-refractivity contribution in [2.45, 2.75) is 6.92 Å². The van der Waals surface area contributed by atoms with Crippen LogP contribution in [0.3, 0.4) is 0 Å². The molecule has 96 valence electrons. The molecule has 0 amide bonds. The number of ketones is 1. The monoisotopic (exact) mass is 334 g/mol. The van der Waals surface area contributed by atoms with Crippen molar-refractivity contribution in [3.8, 4) is 0 Å². The minimum Gasteiger partial charge on any atom is -0.341 e. The zero-order chi connectivity index (χ0) is 13.4. The van der Waals surface area contributed by atoms with Gasteiger partial charge in [0.15, 0.2) is 5.78 Å². The molecule has 0 bridgehead atoms. The first-order chi connectivity index (χ1) is 9.15. The summed E-state index contributed by atoms with van der Waals surface area (Å²) in [7, 11) is 0. The molecule has 0 aliphatic carbocycles. The fraction of sp³-hybridized carbons (Fsp3) is 0.0714. The van der Waals surface area contributed by atoms with Crippen molar-refractivity contribution >= 4 is 54.8 Å². The Bertz CT molecular complexity index is 760. The molecule has 0 atom stereocenters. The molecule has 1 aromatic carbocycles. The van der Waals surface area contributed by atoms with Crippen molar-refractivity contribution in [1.29, 1.82) is 0 Å². The van der Waals surface area contributed by atoms with E-state index in [4.69, 9.17) is 0 Å². The number of halogens is 1. The predicted octanol–water partition coefficient (Wildman–Crippen LogP) is 4.94. The standard InChI is InChI=1S/C14H11BrN2OS/c1-8(18)13-9-4-2-3-5-10(9)16-14(13)17-12-7-6-11(15)19-12/h2-7,16-17H,1H3. The van der Waals surface area contributed by atoms with Gasteiger partial charge < -0.3 is 10.3 Å². The number of anilines is 2. The summed E-state index contributed by atoms with van der Waals surface area (Å²) in [5.74, 6) is 0.804. The van der Waals surface area contributed by atoms with E-state index < -0.39 is 0 Å². The van der Waals surface area contributed by atoms with Gasteiger partial charge in [0.25, 0.3) is 0 Å². The van der Waals surface area contributed by atoms with Crippen LogP contribution < -0.4 is 5.32 Å². The number of fused-ring (bicyclic) bond motifs is 1. The van der Waals surface area contributed by atoms with E-state index in [1.54, 1.807) is 18.3 Å². The molecule has 0 aliphatic heterocycles. The molecule has 3 aromatic rings. The maximum Gasteiger partial charge on any atom is 0.164 e. The fourth-order valence-corrected chi connectivity index (χ4v) is 3.40. The zero-order valence-electron chi connectivity index (χ0n) is 10.2. The van der Waals surface area contributed by atoms with Crippen molar-refractivity contribution in [2.24, 2.45) is 0 Å². The number of carbonyl (C=O) groups excluding carboxylic acids is 1. The normalized spacial score (nSPS) is 10.8. The lowest BCUT2D eigenvalue weighted by Crippen LogP contribution is -1.97. The van der Waals surface area contributed by atoms with Gasteiger partial charge in [0, 0.05) is 10.9 Å². The van der Waals surface area contributed by atoms with Crippen molar-refractivity contribution in [3.63, 3.8) is 0 Å². The van der Waals surface area contributed by atoms with Gasteiger partial charge in [-0.25, -0.2) is 0 Å². The molecule has 0 radical (unpaired) electrons. The molecule has 0 saturated heterocycles. The molecular formula is C14H11BrN2OS. The molecule has 2 N–H and O–H groups in total. The topological polar surface area (TPSA) is 44.9 Å². The smallest absolute Gasteiger partial charge is 0.164 e. The van der Waals surface area contributed by atoms with Crippen LogP contribution in [0, 0.1) is 0 Å². The predicted molar refractivity (Wildman–Crippen MR) is 83.6 cm³/mol. The van der Waals surface area contributed by atoms with Crippen LogP contribution in [0.15, 0.2) is 40.2 Å². The minimum atomic E-state index is 0.0515. The second-order valence-electron chi connectivity index (χ2n) is 4.21. The lowest BCUT2D eigenvalue weighted by atomic mass is 10.1. The second kappa shape index (κ2) is 4.83. The Hall–Kier alpha value is -1.59. The largest absolute Gasteiger partial charge is 0.341 e. The molecule has 3 nitrogen and oxygen atoms in total. The van der Waals surface area contributed by atoms with Gasteiger partial charge in [-0.15, -0.1) is 11.3 Å². The van der Waals surface area contributed by atoms with Crippen LogP contribution >= 0.6 is 27.3 Å². The van der Waals surface area contributed by atoms with Crippen molar-refractivity contribution in [2.75, 3.05) is 5.32 Å². The van der Waals surface area contributed by atoms with Gasteiger partial charge in [0.2, 0.25) is 0 Å². The number of benzene rings is 1. The van der Waals surface area contributed by atoms with Gasteiger partial charge in [0.05, 0.1) is 14.4 Å². The van der Waals surface area contributed by atoms with Crippen molar-refractivity contribution in [1.82, 2.24) is 4.98 Å². The average molecular weight is 335 g/mol. The summed E-state index contributed by atoms with van der Waals surface area (Å²) in [6.45, 7) is 1.59. The molecule has 0 unspecified atom stereocenters. The van der Waals surface area contributed by atoms with Gasteiger partial charge in [-0.3, -0.25) is 4.79 Å². The zero-order valence-corrected chi connectivity index (χ0v) is 12.6. The van der Waals surface area contributed by atoms with E-state index in [2.05, 4.69) is 26.2 Å². The molecule has 0 saturated carbocycles. The third kappa shape index (κ3) is 2.31. The van der Waals surface area contributed by atoms with Gasteiger partial charge in [-0.1, -0.05) is 18.2 Å². The Morgan fingerprint density at radius 2 is 2.05 bits per heavy atom. The summed E-state index contributed by atoms with van der Waals surface area (Å²) in [6, 6.07) is 11.8. The number of hydrogen-bond acceptors (Lipinski definition) is 3. The first-order valence-electron chi connectivity index (χ1n) is 5.79. The van der Waals surface area contributed by atoms with E-state index in [0.29, 0.717) is 5.56 Å². The molecule has 0 fully saturated rings. The summed E-state index contributed by atoms with van der Waals surface area (Å²) in [5.41, 5.74) is 1.67. The Labute approximate surface area is 122 Å². The van der Waals surface area contributed by atoms with E-state index in [0.717, 1.165) is 25.5 Å². The van der Waals surface area contributed by atoms with E-state index in [-0.39, 0.29) is 5.78 Å².